The molecule has 0 saturated carbocycles. The fraction of sp³-hybridized carbons (Fsp3) is 0.949. The molecule has 0 aromatic carbocycles. The zero-order valence-corrected chi connectivity index (χ0v) is 66.0. The van der Waals surface area contributed by atoms with Crippen molar-refractivity contribution in [1.82, 2.24) is 0 Å². The quantitative estimate of drug-likeness (QED) is 0.0222. The van der Waals surface area contributed by atoms with Crippen molar-refractivity contribution in [3.63, 3.8) is 0 Å². The van der Waals surface area contributed by atoms with E-state index in [1.807, 2.05) is 0 Å². The van der Waals surface area contributed by atoms with E-state index in [-0.39, 0.29) is 25.7 Å². The van der Waals surface area contributed by atoms with Gasteiger partial charge in [-0.3, -0.25) is 37.3 Å². The number of unbranched alkanes of at least 4 members (excludes halogenated alkanes) is 45. The Morgan fingerprint density at radius 2 is 0.469 bits per heavy atom. The molecule has 0 aromatic heterocycles. The average Bonchev–Trinajstić information content (AvgIpc) is 0.961. The first-order chi connectivity index (χ1) is 47.2. The van der Waals surface area contributed by atoms with Gasteiger partial charge in [-0.25, -0.2) is 9.13 Å². The van der Waals surface area contributed by atoms with Crippen LogP contribution in [0.5, 0.6) is 0 Å². The maximum Gasteiger partial charge on any atom is 0.472 e. The van der Waals surface area contributed by atoms with Crippen LogP contribution in [0.3, 0.4) is 0 Å². The Bertz CT molecular complexity index is 1900. The molecular weight excluding hydrogens is 1280 g/mol. The van der Waals surface area contributed by atoms with Gasteiger partial charge in [-0.15, -0.1) is 0 Å². The first-order valence-electron chi connectivity index (χ1n) is 40.8. The lowest BCUT2D eigenvalue weighted by molar-refractivity contribution is -0.161. The van der Waals surface area contributed by atoms with Gasteiger partial charge in [0.25, 0.3) is 0 Å². The number of aliphatic hydroxyl groups is 1. The monoisotopic (exact) mass is 1440 g/mol. The van der Waals surface area contributed by atoms with Gasteiger partial charge < -0.3 is 33.8 Å². The van der Waals surface area contributed by atoms with Gasteiger partial charge >= 0.3 is 39.5 Å². The summed E-state index contributed by atoms with van der Waals surface area (Å²) in [7, 11) is -9.91. The van der Waals surface area contributed by atoms with Crippen LogP contribution in [0, 0.1) is 17.8 Å². The Morgan fingerprint density at radius 1 is 0.276 bits per heavy atom. The van der Waals surface area contributed by atoms with E-state index in [2.05, 4.69) is 48.5 Å². The standard InChI is InChI=1S/C79H154O17P2/c1-8-9-10-11-12-13-32-39-46-53-60-76(81)89-67-75(96-79(84)63-56-49-42-35-38-45-52-59-72(6)7)69-94-98(87,88)92-65-73(80)64-91-97(85,86)93-68-74(66-90-77(82)61-54-47-40-33-28-24-21-20-23-27-31-37-44-51-58-71(4)5)95-78(83)62-55-48-41-34-29-25-19-17-15-14-16-18-22-26-30-36-43-50-57-70(2)3/h70-75,80H,8-69H2,1-7H3,(H,85,86)(H,87,88)/t73-,74-,75-/m1/s1. The first-order valence-corrected chi connectivity index (χ1v) is 43.8. The third-order valence-corrected chi connectivity index (χ3v) is 20.3. The number of phosphoric ester groups is 2. The molecule has 0 saturated heterocycles. The summed E-state index contributed by atoms with van der Waals surface area (Å²) < 4.78 is 68.6. The van der Waals surface area contributed by atoms with Crippen LogP contribution >= 0.6 is 15.6 Å². The number of hydrogen-bond donors (Lipinski definition) is 3. The second-order valence-corrected chi connectivity index (χ2v) is 32.8. The lowest BCUT2D eigenvalue weighted by Gasteiger charge is -2.21. The molecule has 17 nitrogen and oxygen atoms in total. The number of carbonyl (C=O) groups excluding carboxylic acids is 4. The lowest BCUT2D eigenvalue weighted by Crippen LogP contribution is -2.30. The molecule has 0 aliphatic heterocycles. The van der Waals surface area contributed by atoms with E-state index in [1.165, 1.54) is 218 Å². The predicted molar refractivity (Wildman–Crippen MR) is 400 cm³/mol. The minimum Gasteiger partial charge on any atom is -0.462 e. The molecule has 0 bridgehead atoms. The number of aliphatic hydroxyl groups excluding tert-OH is 1. The van der Waals surface area contributed by atoms with Crippen molar-refractivity contribution in [2.24, 2.45) is 17.8 Å². The molecule has 0 aliphatic carbocycles. The molecular formula is C79H154O17P2. The average molecular weight is 1440 g/mol. The zero-order valence-electron chi connectivity index (χ0n) is 64.3. The molecule has 0 aliphatic rings. The molecule has 0 rings (SSSR count). The summed E-state index contributed by atoms with van der Waals surface area (Å²) in [5.74, 6) is 0.199. The number of rotatable bonds is 77. The van der Waals surface area contributed by atoms with Crippen molar-refractivity contribution in [2.45, 2.75) is 426 Å². The van der Waals surface area contributed by atoms with E-state index in [9.17, 15) is 43.2 Å². The van der Waals surface area contributed by atoms with Gasteiger partial charge in [-0.05, 0) is 43.4 Å². The van der Waals surface area contributed by atoms with Crippen LogP contribution in [0.15, 0.2) is 0 Å². The second kappa shape index (κ2) is 69.4. The Kier molecular flexibility index (Phi) is 68.1. The highest BCUT2D eigenvalue weighted by molar-refractivity contribution is 7.47. The fourth-order valence-electron chi connectivity index (χ4n) is 12.1. The molecule has 5 atom stereocenters. The van der Waals surface area contributed by atoms with E-state index >= 15 is 0 Å². The number of esters is 4. The SMILES string of the molecule is CCCCCCCCCCCCC(=O)OC[C@H](COP(=O)(O)OC[C@H](O)COP(=O)(O)OC[C@@H](COC(=O)CCCCCCCCCCCCCCCCC(C)C)OC(=O)CCCCCCCCCCCCCCCCCCCCC(C)C)OC(=O)CCCCCCCCCC(C)C. The summed E-state index contributed by atoms with van der Waals surface area (Å²) in [6.45, 7) is 11.9. The largest absolute Gasteiger partial charge is 0.472 e. The van der Waals surface area contributed by atoms with E-state index in [4.69, 9.17) is 37.0 Å². The Morgan fingerprint density at radius 3 is 0.694 bits per heavy atom. The summed E-state index contributed by atoms with van der Waals surface area (Å²) in [4.78, 5) is 72.8. The molecule has 0 spiro atoms. The summed E-state index contributed by atoms with van der Waals surface area (Å²) in [6, 6.07) is 0. The van der Waals surface area contributed by atoms with Crippen molar-refractivity contribution in [3.8, 4) is 0 Å². The van der Waals surface area contributed by atoms with Crippen LogP contribution in [0.1, 0.15) is 408 Å². The third-order valence-electron chi connectivity index (χ3n) is 18.4. The third kappa shape index (κ3) is 72.4. The van der Waals surface area contributed by atoms with Crippen LogP contribution in [0.2, 0.25) is 0 Å². The van der Waals surface area contributed by atoms with Crippen LogP contribution in [-0.2, 0) is 65.4 Å². The van der Waals surface area contributed by atoms with Crippen LogP contribution < -0.4 is 0 Å². The van der Waals surface area contributed by atoms with Crippen molar-refractivity contribution in [1.29, 1.82) is 0 Å². The van der Waals surface area contributed by atoms with Crippen LogP contribution in [0.25, 0.3) is 0 Å². The molecule has 19 heteroatoms. The van der Waals surface area contributed by atoms with Crippen molar-refractivity contribution in [2.75, 3.05) is 39.6 Å². The maximum absolute atomic E-state index is 13.1. The highest BCUT2D eigenvalue weighted by Gasteiger charge is 2.30. The predicted octanol–water partition coefficient (Wildman–Crippen LogP) is 23.4. The molecule has 98 heavy (non-hydrogen) atoms. The summed E-state index contributed by atoms with van der Waals surface area (Å²) in [5, 5.41) is 10.6. The van der Waals surface area contributed by atoms with E-state index in [1.54, 1.807) is 0 Å². The molecule has 0 heterocycles. The number of carbonyl (C=O) groups is 4. The molecule has 582 valence electrons. The maximum atomic E-state index is 13.1. The van der Waals surface area contributed by atoms with Crippen molar-refractivity contribution < 1.29 is 80.2 Å². The Hall–Kier alpha value is -1.94. The van der Waals surface area contributed by atoms with Gasteiger partial charge in [0.15, 0.2) is 12.2 Å². The minimum atomic E-state index is -4.96. The van der Waals surface area contributed by atoms with E-state index in [0.717, 1.165) is 102 Å². The second-order valence-electron chi connectivity index (χ2n) is 29.9. The Labute approximate surface area is 600 Å². The van der Waals surface area contributed by atoms with Gasteiger partial charge in [0, 0.05) is 25.7 Å². The van der Waals surface area contributed by atoms with Gasteiger partial charge in [0.1, 0.15) is 19.3 Å². The normalized spacial score (nSPS) is 14.0. The molecule has 3 N–H and O–H groups in total. The number of phosphoric acid groups is 2. The van der Waals surface area contributed by atoms with Crippen molar-refractivity contribution in [3.05, 3.63) is 0 Å². The van der Waals surface area contributed by atoms with Gasteiger partial charge in [0.2, 0.25) is 0 Å². The molecule has 0 fully saturated rings. The highest BCUT2D eigenvalue weighted by atomic mass is 31.2. The Balaban J connectivity index is 5.20. The zero-order chi connectivity index (χ0) is 72.3. The lowest BCUT2D eigenvalue weighted by atomic mass is 10.0. The first kappa shape index (κ1) is 96.1. The van der Waals surface area contributed by atoms with Crippen LogP contribution in [0.4, 0.5) is 0 Å². The number of hydrogen-bond acceptors (Lipinski definition) is 15. The number of ether oxygens (including phenoxy) is 4. The van der Waals surface area contributed by atoms with Gasteiger partial charge in [-0.1, -0.05) is 357 Å². The molecule has 0 radical (unpaired) electrons. The molecule has 0 aromatic rings. The van der Waals surface area contributed by atoms with Crippen molar-refractivity contribution >= 4 is 39.5 Å². The summed E-state index contributed by atoms with van der Waals surface area (Å²) in [5.41, 5.74) is 0. The van der Waals surface area contributed by atoms with E-state index in [0.29, 0.717) is 31.6 Å². The smallest absolute Gasteiger partial charge is 0.462 e. The summed E-state index contributed by atoms with van der Waals surface area (Å²) in [6.07, 6.45) is 57.1. The van der Waals surface area contributed by atoms with Gasteiger partial charge in [-0.2, -0.15) is 0 Å². The minimum absolute atomic E-state index is 0.104. The fourth-order valence-corrected chi connectivity index (χ4v) is 13.7. The van der Waals surface area contributed by atoms with Gasteiger partial charge in [0.05, 0.1) is 26.4 Å². The highest BCUT2D eigenvalue weighted by Crippen LogP contribution is 2.45. The topological polar surface area (TPSA) is 237 Å². The molecule has 2 unspecified atom stereocenters. The van der Waals surface area contributed by atoms with E-state index < -0.39 is 97.5 Å². The molecule has 0 amide bonds. The summed E-state index contributed by atoms with van der Waals surface area (Å²) >= 11 is 0. The van der Waals surface area contributed by atoms with Crippen LogP contribution in [-0.4, -0.2) is 96.7 Å².